The predicted molar refractivity (Wildman–Crippen MR) is 113 cm³/mol. The smallest absolute Gasteiger partial charge is 0.349 e. The molecule has 2 aromatic carbocycles. The lowest BCUT2D eigenvalue weighted by Crippen LogP contribution is -2.39. The number of hydrogen-bond acceptors (Lipinski definition) is 5. The van der Waals surface area contributed by atoms with Crippen molar-refractivity contribution >= 4 is 23.5 Å². The van der Waals surface area contributed by atoms with E-state index in [0.717, 1.165) is 10.5 Å². The van der Waals surface area contributed by atoms with Crippen molar-refractivity contribution < 1.29 is 19.1 Å². The number of carbonyl (C=O) groups is 2. The lowest BCUT2D eigenvalue weighted by molar-refractivity contribution is -0.158. The second-order valence-corrected chi connectivity index (χ2v) is 7.56. The molecule has 148 valence electrons. The number of allylic oxidation sites excluding steroid dienone is 2. The third-order valence-electron chi connectivity index (χ3n) is 4.06. The van der Waals surface area contributed by atoms with Gasteiger partial charge in [0.05, 0.1) is 6.61 Å². The Labute approximate surface area is 170 Å². The van der Waals surface area contributed by atoms with Crippen LogP contribution in [-0.4, -0.2) is 30.2 Å². The van der Waals surface area contributed by atoms with Crippen molar-refractivity contribution in [2.24, 2.45) is 0 Å². The highest BCUT2D eigenvalue weighted by atomic mass is 32.2. The van der Waals surface area contributed by atoms with Crippen molar-refractivity contribution in [3.63, 3.8) is 0 Å². The SMILES string of the molecule is CCOC(=O)C(C)(C)Oc1ccc(C/C=C/C(=O)c2ccc(SC)cc2)cc1. The number of rotatable bonds is 9. The van der Waals surface area contributed by atoms with E-state index in [-0.39, 0.29) is 5.78 Å². The van der Waals surface area contributed by atoms with Gasteiger partial charge in [0.25, 0.3) is 0 Å². The van der Waals surface area contributed by atoms with E-state index in [1.807, 2.05) is 60.9 Å². The zero-order valence-corrected chi connectivity index (χ0v) is 17.5. The molecular formula is C23H26O4S. The molecule has 0 aliphatic heterocycles. The van der Waals surface area contributed by atoms with Gasteiger partial charge in [-0.1, -0.05) is 18.2 Å². The molecule has 0 saturated heterocycles. The highest BCUT2D eigenvalue weighted by molar-refractivity contribution is 7.98. The van der Waals surface area contributed by atoms with E-state index in [1.165, 1.54) is 0 Å². The minimum Gasteiger partial charge on any atom is -0.476 e. The van der Waals surface area contributed by atoms with Crippen LogP contribution in [0.25, 0.3) is 0 Å². The molecule has 4 nitrogen and oxygen atoms in total. The molecule has 0 heterocycles. The van der Waals surface area contributed by atoms with Gasteiger partial charge >= 0.3 is 5.97 Å². The normalized spacial score (nSPS) is 11.4. The Kier molecular flexibility index (Phi) is 7.88. The molecule has 0 amide bonds. The Morgan fingerprint density at radius 1 is 1.04 bits per heavy atom. The van der Waals surface area contributed by atoms with E-state index in [0.29, 0.717) is 24.3 Å². The van der Waals surface area contributed by atoms with Gasteiger partial charge in [-0.2, -0.15) is 0 Å². The maximum atomic E-state index is 12.2. The lowest BCUT2D eigenvalue weighted by Gasteiger charge is -2.24. The van der Waals surface area contributed by atoms with E-state index in [9.17, 15) is 9.59 Å². The van der Waals surface area contributed by atoms with Crippen molar-refractivity contribution in [3.05, 3.63) is 71.8 Å². The molecule has 0 bridgehead atoms. The van der Waals surface area contributed by atoms with E-state index in [2.05, 4.69) is 0 Å². The molecule has 0 spiro atoms. The highest BCUT2D eigenvalue weighted by Gasteiger charge is 2.31. The number of thioether (sulfide) groups is 1. The summed E-state index contributed by atoms with van der Waals surface area (Å²) in [5, 5.41) is 0. The second kappa shape index (κ2) is 10.1. The number of ether oxygens (including phenoxy) is 2. The fraction of sp³-hybridized carbons (Fsp3) is 0.304. The fourth-order valence-corrected chi connectivity index (χ4v) is 2.90. The minimum atomic E-state index is -1.05. The largest absolute Gasteiger partial charge is 0.476 e. The van der Waals surface area contributed by atoms with E-state index in [1.54, 1.807) is 38.6 Å². The molecule has 0 atom stereocenters. The summed E-state index contributed by atoms with van der Waals surface area (Å²) in [4.78, 5) is 25.2. The zero-order chi connectivity index (χ0) is 20.6. The summed E-state index contributed by atoms with van der Waals surface area (Å²) in [5.74, 6) is 0.186. The number of ketones is 1. The Balaban J connectivity index is 1.92. The molecule has 0 radical (unpaired) electrons. The molecule has 28 heavy (non-hydrogen) atoms. The second-order valence-electron chi connectivity index (χ2n) is 6.68. The van der Waals surface area contributed by atoms with Crippen molar-refractivity contribution in [2.45, 2.75) is 37.7 Å². The molecule has 0 aliphatic rings. The molecule has 0 unspecified atom stereocenters. The highest BCUT2D eigenvalue weighted by Crippen LogP contribution is 2.21. The average Bonchev–Trinajstić information content (AvgIpc) is 2.69. The van der Waals surface area contributed by atoms with Gasteiger partial charge in [0.2, 0.25) is 0 Å². The third-order valence-corrected chi connectivity index (χ3v) is 4.80. The van der Waals surface area contributed by atoms with Crippen LogP contribution in [0, 0.1) is 0 Å². The summed E-state index contributed by atoms with van der Waals surface area (Å²) in [6, 6.07) is 15.0. The first kappa shape index (κ1) is 21.8. The standard InChI is InChI=1S/C23H26O4S/c1-5-26-22(25)23(2,3)27-19-13-9-17(10-14-19)7-6-8-21(24)18-11-15-20(28-4)16-12-18/h6,8-16H,5,7H2,1-4H3/b8-6+. The molecule has 2 aromatic rings. The summed E-state index contributed by atoms with van der Waals surface area (Å²) in [7, 11) is 0. The fourth-order valence-electron chi connectivity index (χ4n) is 2.49. The maximum absolute atomic E-state index is 12.2. The molecule has 0 saturated carbocycles. The number of benzene rings is 2. The molecule has 5 heteroatoms. The van der Waals surface area contributed by atoms with Crippen LogP contribution >= 0.6 is 11.8 Å². The molecule has 2 rings (SSSR count). The summed E-state index contributed by atoms with van der Waals surface area (Å²) in [6.07, 6.45) is 6.09. The predicted octanol–water partition coefficient (Wildman–Crippen LogP) is 5.11. The Morgan fingerprint density at radius 2 is 1.68 bits per heavy atom. The van der Waals surface area contributed by atoms with Crippen molar-refractivity contribution in [1.82, 2.24) is 0 Å². The Hall–Kier alpha value is -2.53. The van der Waals surface area contributed by atoms with Gasteiger partial charge in [0.15, 0.2) is 11.4 Å². The van der Waals surface area contributed by atoms with E-state index < -0.39 is 11.6 Å². The van der Waals surface area contributed by atoms with Crippen LogP contribution in [0.4, 0.5) is 0 Å². The van der Waals surface area contributed by atoms with Crippen LogP contribution in [-0.2, 0) is 16.0 Å². The molecule has 0 fully saturated rings. The first-order chi connectivity index (χ1) is 13.4. The molecule has 0 N–H and O–H groups in total. The van der Waals surface area contributed by atoms with Crippen LogP contribution in [0.2, 0.25) is 0 Å². The number of hydrogen-bond donors (Lipinski definition) is 0. The van der Waals surface area contributed by atoms with E-state index >= 15 is 0 Å². The van der Waals surface area contributed by atoms with Crippen molar-refractivity contribution in [1.29, 1.82) is 0 Å². The van der Waals surface area contributed by atoms with Gasteiger partial charge in [0, 0.05) is 10.5 Å². The summed E-state index contributed by atoms with van der Waals surface area (Å²) < 4.78 is 10.8. The van der Waals surface area contributed by atoms with Crippen LogP contribution < -0.4 is 4.74 Å². The Bertz CT molecular complexity index is 821. The van der Waals surface area contributed by atoms with Crippen molar-refractivity contribution in [2.75, 3.05) is 12.9 Å². The summed E-state index contributed by atoms with van der Waals surface area (Å²) in [5.41, 5.74) is 0.678. The number of esters is 1. The Morgan fingerprint density at radius 3 is 2.25 bits per heavy atom. The maximum Gasteiger partial charge on any atom is 0.349 e. The van der Waals surface area contributed by atoms with Gasteiger partial charge in [-0.25, -0.2) is 4.79 Å². The lowest BCUT2D eigenvalue weighted by atomic mass is 10.1. The van der Waals surface area contributed by atoms with Crippen molar-refractivity contribution in [3.8, 4) is 5.75 Å². The number of carbonyl (C=O) groups excluding carboxylic acids is 2. The minimum absolute atomic E-state index is 0.0104. The van der Waals surface area contributed by atoms with Gasteiger partial charge in [-0.05, 0) is 81.5 Å². The first-order valence-corrected chi connectivity index (χ1v) is 10.4. The topological polar surface area (TPSA) is 52.6 Å². The van der Waals surface area contributed by atoms with Crippen LogP contribution in [0.15, 0.2) is 65.6 Å². The summed E-state index contributed by atoms with van der Waals surface area (Å²) in [6.45, 7) is 5.44. The van der Waals surface area contributed by atoms with Gasteiger partial charge in [0.1, 0.15) is 5.75 Å². The summed E-state index contributed by atoms with van der Waals surface area (Å²) >= 11 is 1.65. The van der Waals surface area contributed by atoms with Crippen LogP contribution in [0.1, 0.15) is 36.7 Å². The first-order valence-electron chi connectivity index (χ1n) is 9.16. The van der Waals surface area contributed by atoms with Gasteiger partial charge in [-0.3, -0.25) is 4.79 Å². The average molecular weight is 399 g/mol. The zero-order valence-electron chi connectivity index (χ0n) is 16.7. The monoisotopic (exact) mass is 398 g/mol. The van der Waals surface area contributed by atoms with E-state index in [4.69, 9.17) is 9.47 Å². The van der Waals surface area contributed by atoms with Gasteiger partial charge < -0.3 is 9.47 Å². The molecular weight excluding hydrogens is 372 g/mol. The van der Waals surface area contributed by atoms with Crippen LogP contribution in [0.3, 0.4) is 0 Å². The van der Waals surface area contributed by atoms with Gasteiger partial charge in [-0.15, -0.1) is 11.8 Å². The molecule has 0 aliphatic carbocycles. The quantitative estimate of drug-likeness (QED) is 0.254. The third kappa shape index (κ3) is 6.27. The molecule has 0 aromatic heterocycles. The van der Waals surface area contributed by atoms with Crippen LogP contribution in [0.5, 0.6) is 5.75 Å².